The summed E-state index contributed by atoms with van der Waals surface area (Å²) < 4.78 is 1.68. The number of piperidine rings is 1. The highest BCUT2D eigenvalue weighted by molar-refractivity contribution is 7.13. The Hall–Kier alpha value is -2.74. The minimum absolute atomic E-state index is 0.0310. The number of carbonyl (C=O) groups excluding carboxylic acids is 1. The fourth-order valence-electron chi connectivity index (χ4n) is 3.37. The maximum Gasteiger partial charge on any atom is 0.272 e. The lowest BCUT2D eigenvalue weighted by molar-refractivity contribution is 0.0701. The molecule has 1 fully saturated rings. The van der Waals surface area contributed by atoms with Crippen LogP contribution in [0.4, 0.5) is 5.95 Å². The van der Waals surface area contributed by atoms with Crippen molar-refractivity contribution < 1.29 is 4.79 Å². The summed E-state index contributed by atoms with van der Waals surface area (Å²) in [5.41, 5.74) is 8.11. The third-order valence-corrected chi connectivity index (χ3v) is 5.66. The van der Waals surface area contributed by atoms with Crippen LogP contribution < -0.4 is 5.73 Å². The van der Waals surface area contributed by atoms with Gasteiger partial charge in [-0.2, -0.15) is 5.10 Å². The van der Waals surface area contributed by atoms with Crippen LogP contribution in [0.1, 0.15) is 34.9 Å². The summed E-state index contributed by atoms with van der Waals surface area (Å²) >= 11 is 1.62. The molecule has 3 aromatic rings. The Balaban J connectivity index is 1.45. The number of aryl methyl sites for hydroxylation is 1. The molecular formula is C18H20N6OS. The molecule has 0 spiro atoms. The molecule has 2 N–H and O–H groups in total. The van der Waals surface area contributed by atoms with Gasteiger partial charge in [-0.05, 0) is 36.4 Å². The van der Waals surface area contributed by atoms with Crippen LogP contribution in [0.3, 0.4) is 0 Å². The van der Waals surface area contributed by atoms with Gasteiger partial charge in [0.05, 0.1) is 4.88 Å². The van der Waals surface area contributed by atoms with Crippen LogP contribution >= 0.6 is 11.3 Å². The lowest BCUT2D eigenvalue weighted by Crippen LogP contribution is -2.38. The third-order valence-electron chi connectivity index (χ3n) is 4.77. The molecule has 4 rings (SSSR count). The molecule has 26 heavy (non-hydrogen) atoms. The van der Waals surface area contributed by atoms with Gasteiger partial charge < -0.3 is 10.6 Å². The first kappa shape index (κ1) is 16.7. The Morgan fingerprint density at radius 3 is 2.81 bits per heavy atom. The topological polar surface area (TPSA) is 89.9 Å². The van der Waals surface area contributed by atoms with E-state index in [2.05, 4.69) is 15.1 Å². The van der Waals surface area contributed by atoms with Crippen LogP contribution in [-0.4, -0.2) is 43.6 Å². The average molecular weight is 368 g/mol. The Morgan fingerprint density at radius 1 is 1.31 bits per heavy atom. The molecule has 0 radical (unpaired) electrons. The van der Waals surface area contributed by atoms with Crippen LogP contribution in [0, 0.1) is 0 Å². The van der Waals surface area contributed by atoms with Crippen molar-refractivity contribution in [2.75, 3.05) is 18.8 Å². The standard InChI is InChI=1S/C18H20N6OS/c1-23-15(11-14(22-23)16-3-2-10-26-16)17(25)24-8-5-12(6-9-24)13-4-7-20-18(19)21-13/h2-4,7,10-12H,5-6,8-9H2,1H3,(H2,19,20,21). The van der Waals surface area contributed by atoms with E-state index < -0.39 is 0 Å². The Morgan fingerprint density at radius 2 is 2.12 bits per heavy atom. The number of nitrogens with two attached hydrogens (primary N) is 1. The monoisotopic (exact) mass is 368 g/mol. The normalized spacial score (nSPS) is 15.3. The Kier molecular flexibility index (Phi) is 4.42. The molecule has 1 saturated heterocycles. The first-order valence-electron chi connectivity index (χ1n) is 8.57. The van der Waals surface area contributed by atoms with Gasteiger partial charge in [-0.25, -0.2) is 9.97 Å². The van der Waals surface area contributed by atoms with Crippen LogP contribution in [0.25, 0.3) is 10.6 Å². The molecule has 0 aromatic carbocycles. The minimum atomic E-state index is 0.0310. The highest BCUT2D eigenvalue weighted by Gasteiger charge is 2.27. The van der Waals surface area contributed by atoms with E-state index in [-0.39, 0.29) is 5.91 Å². The molecule has 7 nitrogen and oxygen atoms in total. The van der Waals surface area contributed by atoms with E-state index >= 15 is 0 Å². The van der Waals surface area contributed by atoms with Crippen molar-refractivity contribution in [3.63, 3.8) is 0 Å². The van der Waals surface area contributed by atoms with Gasteiger partial charge in [-0.15, -0.1) is 11.3 Å². The first-order chi connectivity index (χ1) is 12.6. The number of hydrogen-bond donors (Lipinski definition) is 1. The van der Waals surface area contributed by atoms with E-state index in [9.17, 15) is 4.79 Å². The van der Waals surface area contributed by atoms with Crippen molar-refractivity contribution in [2.24, 2.45) is 7.05 Å². The summed E-state index contributed by atoms with van der Waals surface area (Å²) in [7, 11) is 1.82. The zero-order valence-electron chi connectivity index (χ0n) is 14.5. The van der Waals surface area contributed by atoms with Crippen LogP contribution in [0.5, 0.6) is 0 Å². The number of aromatic nitrogens is 4. The number of rotatable bonds is 3. The van der Waals surface area contributed by atoms with Crippen molar-refractivity contribution in [2.45, 2.75) is 18.8 Å². The van der Waals surface area contributed by atoms with Crippen molar-refractivity contribution in [1.82, 2.24) is 24.6 Å². The number of nitrogen functional groups attached to an aromatic ring is 1. The number of hydrogen-bond acceptors (Lipinski definition) is 6. The molecule has 4 heterocycles. The number of amides is 1. The minimum Gasteiger partial charge on any atom is -0.368 e. The second-order valence-corrected chi connectivity index (χ2v) is 7.37. The molecule has 0 aliphatic carbocycles. The first-order valence-corrected chi connectivity index (χ1v) is 9.45. The van der Waals surface area contributed by atoms with Crippen molar-refractivity contribution in [3.8, 4) is 10.6 Å². The van der Waals surface area contributed by atoms with Gasteiger partial charge in [0.1, 0.15) is 11.4 Å². The van der Waals surface area contributed by atoms with Gasteiger partial charge in [-0.3, -0.25) is 9.48 Å². The number of likely N-dealkylation sites (tertiary alicyclic amines) is 1. The molecule has 0 unspecified atom stereocenters. The van der Waals surface area contributed by atoms with Crippen LogP contribution in [0.15, 0.2) is 35.8 Å². The summed E-state index contributed by atoms with van der Waals surface area (Å²) in [4.78, 5) is 24.2. The summed E-state index contributed by atoms with van der Waals surface area (Å²) in [6.45, 7) is 1.40. The summed E-state index contributed by atoms with van der Waals surface area (Å²) in [5, 5.41) is 6.50. The quantitative estimate of drug-likeness (QED) is 0.767. The molecular weight excluding hydrogens is 348 g/mol. The molecule has 1 aliphatic heterocycles. The lowest BCUT2D eigenvalue weighted by Gasteiger charge is -2.31. The largest absolute Gasteiger partial charge is 0.368 e. The fraction of sp³-hybridized carbons (Fsp3) is 0.333. The number of anilines is 1. The average Bonchev–Trinajstić information content (AvgIpc) is 3.31. The highest BCUT2D eigenvalue weighted by atomic mass is 32.1. The fourth-order valence-corrected chi connectivity index (χ4v) is 4.05. The smallest absolute Gasteiger partial charge is 0.272 e. The van der Waals surface area contributed by atoms with E-state index in [0.29, 0.717) is 30.6 Å². The number of thiophene rings is 1. The summed E-state index contributed by atoms with van der Waals surface area (Å²) in [5.74, 6) is 0.651. The molecule has 1 amide bonds. The second kappa shape index (κ2) is 6.87. The van der Waals surface area contributed by atoms with E-state index in [0.717, 1.165) is 29.1 Å². The van der Waals surface area contributed by atoms with Crippen molar-refractivity contribution in [1.29, 1.82) is 0 Å². The molecule has 1 aliphatic rings. The van der Waals surface area contributed by atoms with E-state index in [4.69, 9.17) is 5.73 Å². The predicted molar refractivity (Wildman–Crippen MR) is 101 cm³/mol. The van der Waals surface area contributed by atoms with Crippen molar-refractivity contribution >= 4 is 23.2 Å². The van der Waals surface area contributed by atoms with E-state index in [1.54, 1.807) is 22.2 Å². The van der Waals surface area contributed by atoms with E-state index in [1.807, 2.05) is 41.6 Å². The molecule has 0 saturated carbocycles. The van der Waals surface area contributed by atoms with Gasteiger partial charge in [0.25, 0.3) is 5.91 Å². The Bertz CT molecular complexity index is 912. The van der Waals surface area contributed by atoms with Crippen LogP contribution in [-0.2, 0) is 7.05 Å². The maximum atomic E-state index is 12.9. The van der Waals surface area contributed by atoms with Crippen LogP contribution in [0.2, 0.25) is 0 Å². The van der Waals surface area contributed by atoms with Gasteiger partial charge in [-0.1, -0.05) is 6.07 Å². The maximum absolute atomic E-state index is 12.9. The SMILES string of the molecule is Cn1nc(-c2cccs2)cc1C(=O)N1CCC(c2ccnc(N)n2)CC1. The molecule has 0 bridgehead atoms. The number of nitrogens with zero attached hydrogens (tertiary/aromatic N) is 5. The molecule has 0 atom stereocenters. The van der Waals surface area contributed by atoms with Gasteiger partial charge in [0.2, 0.25) is 5.95 Å². The predicted octanol–water partition coefficient (Wildman–Crippen LogP) is 2.54. The lowest BCUT2D eigenvalue weighted by atomic mass is 9.93. The third kappa shape index (κ3) is 3.20. The zero-order valence-corrected chi connectivity index (χ0v) is 15.3. The Labute approximate surface area is 155 Å². The van der Waals surface area contributed by atoms with Crippen molar-refractivity contribution in [3.05, 3.63) is 47.2 Å². The zero-order chi connectivity index (χ0) is 18.1. The summed E-state index contributed by atoms with van der Waals surface area (Å²) in [6.07, 6.45) is 3.44. The molecule has 134 valence electrons. The van der Waals surface area contributed by atoms with E-state index in [1.165, 1.54) is 0 Å². The molecule has 8 heteroatoms. The summed E-state index contributed by atoms with van der Waals surface area (Å²) in [6, 6.07) is 7.79. The van der Waals surface area contributed by atoms with Gasteiger partial charge in [0, 0.05) is 37.9 Å². The second-order valence-electron chi connectivity index (χ2n) is 6.42. The highest BCUT2D eigenvalue weighted by Crippen LogP contribution is 2.28. The van der Waals surface area contributed by atoms with Gasteiger partial charge >= 0.3 is 0 Å². The van der Waals surface area contributed by atoms with Gasteiger partial charge in [0.15, 0.2) is 0 Å². The number of carbonyl (C=O) groups is 1. The molecule has 3 aromatic heterocycles.